The lowest BCUT2D eigenvalue weighted by atomic mass is 10.0. The molecule has 4 N–H and O–H groups in total. The van der Waals surface area contributed by atoms with Crippen molar-refractivity contribution in [1.82, 2.24) is 14.6 Å². The van der Waals surface area contributed by atoms with Crippen molar-refractivity contribution in [2.24, 2.45) is 5.73 Å². The van der Waals surface area contributed by atoms with Crippen molar-refractivity contribution in [3.05, 3.63) is 83.2 Å². The Morgan fingerprint density at radius 1 is 1.18 bits per heavy atom. The molecule has 1 saturated heterocycles. The van der Waals surface area contributed by atoms with Crippen molar-refractivity contribution in [3.8, 4) is 17.3 Å². The Kier molecular flexibility index (Phi) is 9.82. The van der Waals surface area contributed by atoms with E-state index in [1.54, 1.807) is 36.4 Å². The highest BCUT2D eigenvalue weighted by Crippen LogP contribution is 2.26. The van der Waals surface area contributed by atoms with Crippen LogP contribution in [-0.4, -0.2) is 61.6 Å². The number of pyridine rings is 1. The minimum Gasteiger partial charge on any atom is -0.369 e. The summed E-state index contributed by atoms with van der Waals surface area (Å²) in [6.45, 7) is 1.28. The molecule has 0 bridgehead atoms. The predicted molar refractivity (Wildman–Crippen MR) is 153 cm³/mol. The summed E-state index contributed by atoms with van der Waals surface area (Å²) in [7, 11) is -3.45. The molecule has 1 atom stereocenters. The van der Waals surface area contributed by atoms with E-state index in [1.165, 1.54) is 16.4 Å². The van der Waals surface area contributed by atoms with E-state index in [0.717, 1.165) is 12.0 Å². The van der Waals surface area contributed by atoms with E-state index in [0.29, 0.717) is 61.5 Å². The molecule has 210 valence electrons. The normalized spacial score (nSPS) is 15.5. The van der Waals surface area contributed by atoms with Crippen LogP contribution in [0.2, 0.25) is 0 Å². The minimum absolute atomic E-state index is 0.0110. The van der Waals surface area contributed by atoms with Gasteiger partial charge in [-0.05, 0) is 68.1 Å². The monoisotopic (exact) mass is 564 g/mol. The number of nitrogens with zero attached hydrogens (tertiary/aromatic N) is 3. The molecule has 0 unspecified atom stereocenters. The van der Waals surface area contributed by atoms with Gasteiger partial charge in [-0.2, -0.15) is 9.57 Å². The summed E-state index contributed by atoms with van der Waals surface area (Å²) in [4.78, 5) is 18.0. The zero-order chi connectivity index (χ0) is 28.5. The van der Waals surface area contributed by atoms with Crippen molar-refractivity contribution < 1.29 is 17.6 Å². The molecule has 4 rings (SSSR count). The van der Waals surface area contributed by atoms with E-state index in [2.05, 4.69) is 21.7 Å². The summed E-state index contributed by atoms with van der Waals surface area (Å²) in [6.07, 6.45) is 2.26. The Balaban J connectivity index is 1.53. The van der Waals surface area contributed by atoms with Crippen molar-refractivity contribution in [3.63, 3.8) is 0 Å². The van der Waals surface area contributed by atoms with Crippen LogP contribution in [0.25, 0.3) is 11.3 Å². The Bertz CT molecular complexity index is 1490. The van der Waals surface area contributed by atoms with Gasteiger partial charge in [-0.15, -0.1) is 0 Å². The van der Waals surface area contributed by atoms with Gasteiger partial charge >= 0.3 is 0 Å². The lowest BCUT2D eigenvalue weighted by molar-refractivity contribution is 0.0947. The molecule has 0 aliphatic carbocycles. The van der Waals surface area contributed by atoms with Crippen molar-refractivity contribution in [2.75, 3.05) is 37.2 Å². The average Bonchev–Trinajstić information content (AvgIpc) is 3.45. The number of carbonyl (C=O) groups is 1. The summed E-state index contributed by atoms with van der Waals surface area (Å²) in [5.41, 5.74) is 8.19. The number of nitriles is 1. The van der Waals surface area contributed by atoms with E-state index in [-0.39, 0.29) is 29.7 Å². The highest BCUT2D eigenvalue weighted by atomic mass is 32.2. The molecule has 40 heavy (non-hydrogen) atoms. The molecule has 0 spiro atoms. The number of benzene rings is 2. The van der Waals surface area contributed by atoms with Gasteiger partial charge in [-0.1, -0.05) is 30.3 Å². The maximum absolute atomic E-state index is 13.6. The van der Waals surface area contributed by atoms with Gasteiger partial charge in [0.05, 0.1) is 28.6 Å². The van der Waals surface area contributed by atoms with Gasteiger partial charge in [0.1, 0.15) is 11.6 Å². The van der Waals surface area contributed by atoms with Crippen LogP contribution in [0.1, 0.15) is 40.7 Å². The van der Waals surface area contributed by atoms with Gasteiger partial charge in [-0.3, -0.25) is 4.79 Å². The summed E-state index contributed by atoms with van der Waals surface area (Å²) in [6, 6.07) is 18.5. The number of hydrogen-bond donors (Lipinski definition) is 3. The molecular weight excluding hydrogens is 531 g/mol. The number of halogens is 1. The second-order valence-electron chi connectivity index (χ2n) is 9.63. The third-order valence-corrected chi connectivity index (χ3v) is 8.84. The number of hydrogen-bond acceptors (Lipinski definition) is 7. The van der Waals surface area contributed by atoms with Crippen LogP contribution < -0.4 is 16.4 Å². The Hall–Kier alpha value is -3.85. The molecular formula is C29H33FN6O3S. The zero-order valence-corrected chi connectivity index (χ0v) is 23.0. The molecule has 1 aliphatic heterocycles. The number of rotatable bonds is 12. The first-order chi connectivity index (χ1) is 19.3. The quantitative estimate of drug-likeness (QED) is 0.307. The van der Waals surface area contributed by atoms with Crippen LogP contribution in [0.15, 0.2) is 60.7 Å². The topological polar surface area (TPSA) is 141 Å². The number of aromatic nitrogens is 1. The number of nitrogens with two attached hydrogens (primary N) is 1. The second-order valence-corrected chi connectivity index (χ2v) is 11.7. The molecule has 1 aliphatic rings. The molecule has 1 aromatic heterocycles. The van der Waals surface area contributed by atoms with Gasteiger partial charge in [0.15, 0.2) is 0 Å². The standard InChI is InChI=1S/C29H33FN6O3S/c30-23-8-3-6-21(18-23)13-15-33-28-26(11-12-27(35-28)25-10-2-1-7-22(25)19-32)29(37)34-20-24-9-4-16-36(24)40(38,39)17-5-14-31/h1-3,6-8,10-12,18,24H,4-5,9,13-17,20,31H2,(H,33,35)(H,34,37)/t24-/m1/s1. The van der Waals surface area contributed by atoms with Gasteiger partial charge in [0.2, 0.25) is 10.0 Å². The van der Waals surface area contributed by atoms with Crippen LogP contribution in [-0.2, 0) is 16.4 Å². The number of sulfonamides is 1. The highest BCUT2D eigenvalue weighted by molar-refractivity contribution is 7.89. The first kappa shape index (κ1) is 29.1. The van der Waals surface area contributed by atoms with Crippen molar-refractivity contribution in [1.29, 1.82) is 5.26 Å². The van der Waals surface area contributed by atoms with E-state index >= 15 is 0 Å². The van der Waals surface area contributed by atoms with Crippen LogP contribution >= 0.6 is 0 Å². The summed E-state index contributed by atoms with van der Waals surface area (Å²) < 4.78 is 40.6. The van der Waals surface area contributed by atoms with E-state index in [1.807, 2.05) is 12.1 Å². The van der Waals surface area contributed by atoms with Crippen LogP contribution in [0.4, 0.5) is 10.2 Å². The molecule has 2 heterocycles. The Morgan fingerprint density at radius 3 is 2.77 bits per heavy atom. The number of carbonyl (C=O) groups excluding carboxylic acids is 1. The second kappa shape index (κ2) is 13.5. The van der Waals surface area contributed by atoms with Crippen LogP contribution in [0, 0.1) is 17.1 Å². The van der Waals surface area contributed by atoms with E-state index < -0.39 is 15.9 Å². The summed E-state index contributed by atoms with van der Waals surface area (Å²) >= 11 is 0. The fourth-order valence-electron chi connectivity index (χ4n) is 4.82. The Morgan fingerprint density at radius 2 is 2.00 bits per heavy atom. The summed E-state index contributed by atoms with van der Waals surface area (Å²) in [5, 5.41) is 15.6. The van der Waals surface area contributed by atoms with Crippen LogP contribution in [0.5, 0.6) is 0 Å². The minimum atomic E-state index is -3.45. The first-order valence-electron chi connectivity index (χ1n) is 13.3. The zero-order valence-electron chi connectivity index (χ0n) is 22.1. The largest absolute Gasteiger partial charge is 0.369 e. The predicted octanol–water partition coefficient (Wildman–Crippen LogP) is 3.29. The third kappa shape index (κ3) is 7.21. The molecule has 2 aromatic carbocycles. The molecule has 0 radical (unpaired) electrons. The molecule has 1 amide bonds. The molecule has 11 heteroatoms. The lowest BCUT2D eigenvalue weighted by Crippen LogP contribution is -2.44. The Labute approximate surface area is 234 Å². The number of amides is 1. The molecule has 0 saturated carbocycles. The smallest absolute Gasteiger partial charge is 0.255 e. The van der Waals surface area contributed by atoms with Gasteiger partial charge < -0.3 is 16.4 Å². The lowest BCUT2D eigenvalue weighted by Gasteiger charge is -2.24. The fraction of sp³-hybridized carbons (Fsp3) is 0.345. The fourth-order valence-corrected chi connectivity index (χ4v) is 6.62. The molecule has 9 nitrogen and oxygen atoms in total. The molecule has 1 fully saturated rings. The van der Waals surface area contributed by atoms with Crippen molar-refractivity contribution in [2.45, 2.75) is 31.7 Å². The maximum Gasteiger partial charge on any atom is 0.255 e. The maximum atomic E-state index is 13.6. The van der Waals surface area contributed by atoms with E-state index in [4.69, 9.17) is 5.73 Å². The van der Waals surface area contributed by atoms with E-state index in [9.17, 15) is 22.9 Å². The van der Waals surface area contributed by atoms with Gasteiger partial charge in [0.25, 0.3) is 5.91 Å². The van der Waals surface area contributed by atoms with Crippen molar-refractivity contribution >= 4 is 21.7 Å². The average molecular weight is 565 g/mol. The number of nitrogens with one attached hydrogen (secondary N) is 2. The SMILES string of the molecule is N#Cc1ccccc1-c1ccc(C(=O)NC[C@H]2CCCN2S(=O)(=O)CCCN)c(NCCc2cccc(F)c2)n1. The first-order valence-corrected chi connectivity index (χ1v) is 14.9. The summed E-state index contributed by atoms with van der Waals surface area (Å²) in [5.74, 6) is -0.412. The van der Waals surface area contributed by atoms with Gasteiger partial charge in [0, 0.05) is 31.2 Å². The van der Waals surface area contributed by atoms with Crippen LogP contribution in [0.3, 0.4) is 0 Å². The van der Waals surface area contributed by atoms with Gasteiger partial charge in [-0.25, -0.2) is 17.8 Å². The highest BCUT2D eigenvalue weighted by Gasteiger charge is 2.34. The third-order valence-electron chi connectivity index (χ3n) is 6.84. The molecule has 3 aromatic rings. The number of anilines is 1.